The minimum atomic E-state index is -3.45. The van der Waals surface area contributed by atoms with E-state index in [9.17, 15) is 9.59 Å². The molecule has 3 aromatic carbocycles. The van der Waals surface area contributed by atoms with Crippen molar-refractivity contribution in [3.63, 3.8) is 0 Å². The maximum Gasteiger partial charge on any atom is 0.266 e. The number of fused-ring (bicyclic) bond motifs is 1. The third-order valence-electron chi connectivity index (χ3n) is 6.35. The number of carbonyl (C=O) groups is 2. The van der Waals surface area contributed by atoms with Gasteiger partial charge in [-0.05, 0) is 35.4 Å². The maximum absolute atomic E-state index is 17.7. The van der Waals surface area contributed by atoms with Crippen molar-refractivity contribution in [2.24, 2.45) is 0 Å². The SMILES string of the molecule is CC(C)(C)P1(F)=C(c2ccccc2)C=C(N2C(=O)c3ccccc3C2=O)C=C1c1ccccc1. The summed E-state index contributed by atoms with van der Waals surface area (Å²) in [7, 11) is -3.45. The van der Waals surface area contributed by atoms with Crippen molar-refractivity contribution in [3.8, 4) is 0 Å². The Kier molecular flexibility index (Phi) is 5.30. The normalized spacial score (nSPS) is 20.2. The van der Waals surface area contributed by atoms with Gasteiger partial charge in [-0.15, -0.1) is 0 Å². The van der Waals surface area contributed by atoms with Gasteiger partial charge in [0.1, 0.15) is 0 Å². The molecular formula is C29H25FNO2P. The van der Waals surface area contributed by atoms with E-state index in [0.29, 0.717) is 27.4 Å². The Morgan fingerprint density at radius 1 is 0.676 bits per heavy atom. The van der Waals surface area contributed by atoms with Crippen molar-refractivity contribution in [2.45, 2.75) is 25.9 Å². The molecule has 0 saturated carbocycles. The van der Waals surface area contributed by atoms with Crippen molar-refractivity contribution in [2.75, 3.05) is 0 Å². The van der Waals surface area contributed by atoms with Crippen LogP contribution >= 0.6 is 7.20 Å². The highest BCUT2D eigenvalue weighted by Crippen LogP contribution is 2.73. The molecular weight excluding hydrogens is 444 g/mol. The summed E-state index contributed by atoms with van der Waals surface area (Å²) in [5.74, 6) is -0.772. The second kappa shape index (κ2) is 8.07. The van der Waals surface area contributed by atoms with Crippen LogP contribution in [0.2, 0.25) is 0 Å². The van der Waals surface area contributed by atoms with Crippen LogP contribution in [0.15, 0.2) is 103 Å². The van der Waals surface area contributed by atoms with E-state index in [4.69, 9.17) is 0 Å². The monoisotopic (exact) mass is 469 g/mol. The standard InChI is InChI=1S/C29H25FNO2P/c1-29(2,3)34(30)25(20-12-6-4-7-13-20)18-22(19-26(34)21-14-8-5-9-15-21)31-27(32)23-16-10-11-17-24(23)28(31)33/h4-19H,1-3H3. The molecule has 0 radical (unpaired) electrons. The Balaban J connectivity index is 1.82. The molecule has 0 fully saturated rings. The second-order valence-corrected chi connectivity index (χ2v) is 13.0. The van der Waals surface area contributed by atoms with E-state index < -0.39 is 12.4 Å². The fourth-order valence-corrected chi connectivity index (χ4v) is 7.98. The molecule has 34 heavy (non-hydrogen) atoms. The van der Waals surface area contributed by atoms with Crippen molar-refractivity contribution in [1.29, 1.82) is 0 Å². The van der Waals surface area contributed by atoms with Crippen molar-refractivity contribution in [1.82, 2.24) is 4.90 Å². The fraction of sp³-hybridized carbons (Fsp3) is 0.138. The van der Waals surface area contributed by atoms with Gasteiger partial charge < -0.3 is 0 Å². The third kappa shape index (κ3) is 3.33. The van der Waals surface area contributed by atoms with E-state index >= 15 is 4.20 Å². The van der Waals surface area contributed by atoms with Crippen LogP contribution in [-0.4, -0.2) is 27.2 Å². The highest BCUT2D eigenvalue weighted by atomic mass is 31.2. The molecule has 1 unspecified atom stereocenters. The largest absolute Gasteiger partial charge is 0.268 e. The molecule has 2 aliphatic rings. The first-order valence-electron chi connectivity index (χ1n) is 11.2. The Morgan fingerprint density at radius 3 is 1.65 bits per heavy atom. The zero-order valence-corrected chi connectivity index (χ0v) is 20.2. The predicted octanol–water partition coefficient (Wildman–Crippen LogP) is 7.14. The van der Waals surface area contributed by atoms with Gasteiger partial charge in [0.05, 0.1) is 24.0 Å². The molecule has 5 rings (SSSR count). The molecule has 2 aliphatic heterocycles. The second-order valence-electron chi connectivity index (χ2n) is 9.47. The number of rotatable bonds is 3. The van der Waals surface area contributed by atoms with Crippen LogP contribution in [0.25, 0.3) is 5.31 Å². The van der Waals surface area contributed by atoms with Crippen LogP contribution in [0.1, 0.15) is 52.6 Å². The summed E-state index contributed by atoms with van der Waals surface area (Å²) in [6, 6.07) is 25.7. The Labute approximate surface area is 199 Å². The average molecular weight is 469 g/mol. The molecule has 5 heteroatoms. The van der Waals surface area contributed by atoms with Gasteiger partial charge in [0, 0.05) is 15.8 Å². The lowest BCUT2D eigenvalue weighted by molar-refractivity contribution is 0.0710. The molecule has 2 amide bonds. The number of halogens is 1. The number of amides is 2. The fourth-order valence-electron chi connectivity index (χ4n) is 4.65. The van der Waals surface area contributed by atoms with E-state index in [-0.39, 0.29) is 11.8 Å². The zero-order chi connectivity index (χ0) is 24.1. The smallest absolute Gasteiger partial charge is 0.266 e. The first-order chi connectivity index (χ1) is 16.2. The van der Waals surface area contributed by atoms with Gasteiger partial charge >= 0.3 is 0 Å². The molecule has 0 N–H and O–H groups in total. The summed E-state index contributed by atoms with van der Waals surface area (Å²) >= 11 is 0. The van der Waals surface area contributed by atoms with Gasteiger partial charge in [-0.3, -0.25) is 9.59 Å². The summed E-state index contributed by atoms with van der Waals surface area (Å²) < 4.78 is 17.7. The molecule has 0 bridgehead atoms. The zero-order valence-electron chi connectivity index (χ0n) is 19.3. The summed E-state index contributed by atoms with van der Waals surface area (Å²) in [5.41, 5.74) is 2.63. The first kappa shape index (κ1) is 22.3. The van der Waals surface area contributed by atoms with E-state index in [1.54, 1.807) is 36.4 Å². The molecule has 3 aromatic rings. The van der Waals surface area contributed by atoms with Crippen LogP contribution in [0.4, 0.5) is 4.20 Å². The number of hydrogen-bond acceptors (Lipinski definition) is 2. The third-order valence-corrected chi connectivity index (χ3v) is 10.3. The molecule has 2 heterocycles. The van der Waals surface area contributed by atoms with Gasteiger partial charge in [-0.1, -0.05) is 93.6 Å². The molecule has 0 aromatic heterocycles. The molecule has 0 spiro atoms. The van der Waals surface area contributed by atoms with E-state index in [2.05, 4.69) is 0 Å². The van der Waals surface area contributed by atoms with E-state index in [0.717, 1.165) is 11.1 Å². The highest BCUT2D eigenvalue weighted by Gasteiger charge is 2.44. The highest BCUT2D eigenvalue weighted by molar-refractivity contribution is 7.83. The van der Waals surface area contributed by atoms with Gasteiger partial charge in [0.25, 0.3) is 11.8 Å². The van der Waals surface area contributed by atoms with E-state index in [1.807, 2.05) is 81.4 Å². The summed E-state index contributed by atoms with van der Waals surface area (Å²) in [5, 5.41) is 0.367. The lowest BCUT2D eigenvalue weighted by Crippen LogP contribution is -2.31. The molecule has 170 valence electrons. The van der Waals surface area contributed by atoms with Gasteiger partial charge in [-0.25, -0.2) is 9.10 Å². The number of imide groups is 1. The lowest BCUT2D eigenvalue weighted by atomic mass is 10.1. The van der Waals surface area contributed by atoms with Crippen molar-refractivity contribution in [3.05, 3.63) is 125 Å². The minimum absolute atomic E-state index is 0.368. The molecule has 0 saturated heterocycles. The van der Waals surface area contributed by atoms with E-state index in [1.165, 1.54) is 4.90 Å². The predicted molar refractivity (Wildman–Crippen MR) is 138 cm³/mol. The lowest BCUT2D eigenvalue weighted by Gasteiger charge is -2.39. The van der Waals surface area contributed by atoms with Crippen molar-refractivity contribution >= 4 is 29.6 Å². The number of benzene rings is 3. The molecule has 0 aliphatic carbocycles. The van der Waals surface area contributed by atoms with Crippen LogP contribution in [0.5, 0.6) is 0 Å². The number of carbonyl (C=O) groups excluding carboxylic acids is 2. The number of nitrogens with zero attached hydrogens (tertiary/aromatic N) is 1. The van der Waals surface area contributed by atoms with Crippen LogP contribution in [-0.2, 0) is 0 Å². The number of allylic oxidation sites excluding steroid dienone is 2. The number of hydrogen-bond donors (Lipinski definition) is 0. The Bertz CT molecular complexity index is 1390. The summed E-state index contributed by atoms with van der Waals surface area (Å²) in [4.78, 5) is 27.8. The quantitative estimate of drug-likeness (QED) is 0.302. The maximum atomic E-state index is 17.7. The van der Waals surface area contributed by atoms with Crippen molar-refractivity contribution < 1.29 is 13.8 Å². The topological polar surface area (TPSA) is 37.4 Å². The molecule has 3 nitrogen and oxygen atoms in total. The van der Waals surface area contributed by atoms with Gasteiger partial charge in [0.2, 0.25) is 0 Å². The van der Waals surface area contributed by atoms with Crippen LogP contribution in [0.3, 0.4) is 0 Å². The average Bonchev–Trinajstić information content (AvgIpc) is 3.10. The van der Waals surface area contributed by atoms with Gasteiger partial charge in [0.15, 0.2) is 0 Å². The Hall–Kier alpha value is -3.49. The van der Waals surface area contributed by atoms with Crippen LogP contribution in [0, 0.1) is 0 Å². The first-order valence-corrected chi connectivity index (χ1v) is 12.9. The summed E-state index contributed by atoms with van der Waals surface area (Å²) in [6.07, 6.45) is 3.42. The minimum Gasteiger partial charge on any atom is -0.268 e. The summed E-state index contributed by atoms with van der Waals surface area (Å²) in [6.45, 7) is 5.75. The van der Waals surface area contributed by atoms with Gasteiger partial charge in [-0.2, -0.15) is 0 Å². The molecule has 1 atom stereocenters. The Morgan fingerprint density at radius 2 is 1.15 bits per heavy atom. The van der Waals surface area contributed by atoms with Crippen LogP contribution < -0.4 is 0 Å².